The number of nitrogens with one attached hydrogen (secondary N) is 1. The molecule has 102 valence electrons. The zero-order chi connectivity index (χ0) is 14.2. The van der Waals surface area contributed by atoms with Crippen molar-refractivity contribution in [3.8, 4) is 0 Å². The topological polar surface area (TPSA) is 41.0 Å². The fraction of sp³-hybridized carbons (Fsp3) is 0.385. The molecule has 0 radical (unpaired) electrons. The molecule has 6 heteroatoms. The van der Waals surface area contributed by atoms with Crippen molar-refractivity contribution in [2.45, 2.75) is 19.9 Å². The maximum Gasteiger partial charge on any atom is 0.223 e. The van der Waals surface area contributed by atoms with E-state index in [2.05, 4.69) is 4.98 Å². The van der Waals surface area contributed by atoms with Crippen LogP contribution < -0.4 is 0 Å². The molecule has 0 saturated carbocycles. The van der Waals surface area contributed by atoms with Gasteiger partial charge in [0.2, 0.25) is 5.91 Å². The molecule has 1 amide bonds. The summed E-state index contributed by atoms with van der Waals surface area (Å²) in [5.74, 6) is -0.227. The van der Waals surface area contributed by atoms with E-state index in [1.807, 2.05) is 4.57 Å². The summed E-state index contributed by atoms with van der Waals surface area (Å²) in [4.78, 5) is 16.1. The van der Waals surface area contributed by atoms with Crippen molar-refractivity contribution < 1.29 is 9.18 Å². The summed E-state index contributed by atoms with van der Waals surface area (Å²) in [6.07, 6.45) is 0.366. The molecule has 2 aromatic rings. The summed E-state index contributed by atoms with van der Waals surface area (Å²) < 4.78 is 15.8. The Morgan fingerprint density at radius 1 is 1.47 bits per heavy atom. The van der Waals surface area contributed by atoms with Crippen LogP contribution in [-0.2, 0) is 11.3 Å². The molecule has 1 aromatic carbocycles. The summed E-state index contributed by atoms with van der Waals surface area (Å²) in [6, 6.07) is 3.18. The van der Waals surface area contributed by atoms with Crippen molar-refractivity contribution >= 4 is 29.2 Å². The highest BCUT2D eigenvalue weighted by molar-refractivity contribution is 7.71. The molecule has 0 bridgehead atoms. The highest BCUT2D eigenvalue weighted by Crippen LogP contribution is 2.19. The molecule has 0 spiro atoms. The first-order chi connectivity index (χ1) is 8.90. The molecule has 0 unspecified atom stereocenters. The first-order valence-corrected chi connectivity index (χ1v) is 6.40. The molecule has 0 atom stereocenters. The monoisotopic (exact) mass is 281 g/mol. The third kappa shape index (κ3) is 2.68. The number of rotatable bonds is 3. The van der Waals surface area contributed by atoms with Crippen molar-refractivity contribution in [1.82, 2.24) is 14.5 Å². The van der Waals surface area contributed by atoms with Gasteiger partial charge in [0.25, 0.3) is 0 Å². The first kappa shape index (κ1) is 13.7. The number of halogens is 1. The molecular weight excluding hydrogens is 265 g/mol. The number of nitrogens with zero attached hydrogens (tertiary/aromatic N) is 2. The SMILES string of the molecule is Cc1cc2c(cc1F)[nH]c(=S)n2CCC(=O)N(C)C. The van der Waals surface area contributed by atoms with Gasteiger partial charge in [-0.05, 0) is 36.8 Å². The molecule has 0 aliphatic rings. The first-order valence-electron chi connectivity index (χ1n) is 5.99. The number of aromatic nitrogens is 2. The van der Waals surface area contributed by atoms with Crippen LogP contribution in [0.25, 0.3) is 11.0 Å². The number of aryl methyl sites for hydroxylation is 2. The number of hydrogen-bond donors (Lipinski definition) is 1. The highest BCUT2D eigenvalue weighted by atomic mass is 32.1. The molecular formula is C13H16FN3OS. The van der Waals surface area contributed by atoms with Crippen LogP contribution in [-0.4, -0.2) is 34.5 Å². The smallest absolute Gasteiger partial charge is 0.223 e. The lowest BCUT2D eigenvalue weighted by Gasteiger charge is -2.10. The maximum atomic E-state index is 13.5. The van der Waals surface area contributed by atoms with Crippen LogP contribution in [0.15, 0.2) is 12.1 Å². The number of carbonyl (C=O) groups is 1. The van der Waals surface area contributed by atoms with Gasteiger partial charge in [-0.1, -0.05) is 0 Å². The lowest BCUT2D eigenvalue weighted by atomic mass is 10.2. The van der Waals surface area contributed by atoms with E-state index in [9.17, 15) is 9.18 Å². The fourth-order valence-corrected chi connectivity index (χ4v) is 2.23. The molecule has 0 aliphatic heterocycles. The molecule has 1 heterocycles. The quantitative estimate of drug-likeness (QED) is 0.879. The molecule has 0 saturated heterocycles. The zero-order valence-electron chi connectivity index (χ0n) is 11.2. The fourth-order valence-electron chi connectivity index (χ4n) is 1.93. The third-order valence-corrected chi connectivity index (χ3v) is 3.43. The Bertz CT molecular complexity index is 687. The van der Waals surface area contributed by atoms with Crippen molar-refractivity contribution in [1.29, 1.82) is 0 Å². The van der Waals surface area contributed by atoms with Gasteiger partial charge in [0.1, 0.15) is 5.82 Å². The molecule has 2 rings (SSSR count). The highest BCUT2D eigenvalue weighted by Gasteiger charge is 2.10. The molecule has 1 aromatic heterocycles. The van der Waals surface area contributed by atoms with Crippen LogP contribution in [0.2, 0.25) is 0 Å². The van der Waals surface area contributed by atoms with Crippen molar-refractivity contribution in [2.75, 3.05) is 14.1 Å². The maximum absolute atomic E-state index is 13.5. The van der Waals surface area contributed by atoms with Gasteiger partial charge >= 0.3 is 0 Å². The predicted molar refractivity (Wildman–Crippen MR) is 75.1 cm³/mol. The molecule has 0 aliphatic carbocycles. The van der Waals surface area contributed by atoms with Gasteiger partial charge in [0.15, 0.2) is 4.77 Å². The number of aromatic amines is 1. The van der Waals surface area contributed by atoms with Crippen LogP contribution in [0.5, 0.6) is 0 Å². The van der Waals surface area contributed by atoms with Crippen LogP contribution in [0.1, 0.15) is 12.0 Å². The van der Waals surface area contributed by atoms with Gasteiger partial charge in [-0.3, -0.25) is 4.79 Å². The second-order valence-corrected chi connectivity index (χ2v) is 5.13. The van der Waals surface area contributed by atoms with Gasteiger partial charge < -0.3 is 14.5 Å². The molecule has 0 fully saturated rings. The summed E-state index contributed by atoms with van der Waals surface area (Å²) in [5.41, 5.74) is 2.05. The third-order valence-electron chi connectivity index (χ3n) is 3.10. The van der Waals surface area contributed by atoms with Crippen LogP contribution in [0, 0.1) is 17.5 Å². The Labute approximate surface area is 115 Å². The number of fused-ring (bicyclic) bond motifs is 1. The standard InChI is InChI=1S/C13H16FN3OS/c1-8-6-11-10(7-9(8)14)15-13(19)17(11)5-4-12(18)16(2)3/h6-7H,4-5H2,1-3H3,(H,15,19). The average Bonchev–Trinajstić information content (AvgIpc) is 2.62. The second kappa shape index (κ2) is 5.13. The summed E-state index contributed by atoms with van der Waals surface area (Å²) in [5, 5.41) is 0. The predicted octanol–water partition coefficient (Wildman–Crippen LogP) is 2.62. The zero-order valence-corrected chi connectivity index (χ0v) is 12.0. The Balaban J connectivity index is 2.38. The van der Waals surface area contributed by atoms with Gasteiger partial charge in [-0.15, -0.1) is 0 Å². The Morgan fingerprint density at radius 2 is 2.16 bits per heavy atom. The number of hydrogen-bond acceptors (Lipinski definition) is 2. The van der Waals surface area contributed by atoms with E-state index in [4.69, 9.17) is 12.2 Å². The lowest BCUT2D eigenvalue weighted by Crippen LogP contribution is -2.22. The molecule has 1 N–H and O–H groups in total. The van der Waals surface area contributed by atoms with E-state index in [0.717, 1.165) is 5.52 Å². The van der Waals surface area contributed by atoms with E-state index >= 15 is 0 Å². The van der Waals surface area contributed by atoms with E-state index in [0.29, 0.717) is 28.8 Å². The van der Waals surface area contributed by atoms with E-state index in [1.54, 1.807) is 32.0 Å². The van der Waals surface area contributed by atoms with Crippen LogP contribution in [0.3, 0.4) is 0 Å². The van der Waals surface area contributed by atoms with Gasteiger partial charge in [-0.25, -0.2) is 4.39 Å². The number of imidazole rings is 1. The molecule has 19 heavy (non-hydrogen) atoms. The van der Waals surface area contributed by atoms with Crippen LogP contribution >= 0.6 is 12.2 Å². The Kier molecular flexibility index (Phi) is 3.71. The minimum absolute atomic E-state index is 0.0371. The van der Waals surface area contributed by atoms with Crippen molar-refractivity contribution in [3.05, 3.63) is 28.3 Å². The van der Waals surface area contributed by atoms with Gasteiger partial charge in [0, 0.05) is 27.1 Å². The summed E-state index contributed by atoms with van der Waals surface area (Å²) >= 11 is 5.22. The second-order valence-electron chi connectivity index (χ2n) is 4.74. The van der Waals surface area contributed by atoms with Crippen molar-refractivity contribution in [3.63, 3.8) is 0 Å². The largest absolute Gasteiger partial charge is 0.349 e. The number of amides is 1. The van der Waals surface area contributed by atoms with Gasteiger partial charge in [-0.2, -0.15) is 0 Å². The van der Waals surface area contributed by atoms with Crippen molar-refractivity contribution in [2.24, 2.45) is 0 Å². The Hall–Kier alpha value is -1.69. The number of carbonyl (C=O) groups excluding carboxylic acids is 1. The average molecular weight is 281 g/mol. The minimum Gasteiger partial charge on any atom is -0.349 e. The summed E-state index contributed by atoms with van der Waals surface area (Å²) in [6.45, 7) is 2.20. The lowest BCUT2D eigenvalue weighted by molar-refractivity contribution is -0.128. The van der Waals surface area contributed by atoms with E-state index in [-0.39, 0.29) is 11.7 Å². The van der Waals surface area contributed by atoms with Crippen LogP contribution in [0.4, 0.5) is 4.39 Å². The number of H-pyrrole nitrogens is 1. The minimum atomic E-state index is -0.264. The Morgan fingerprint density at radius 3 is 2.79 bits per heavy atom. The van der Waals surface area contributed by atoms with E-state index in [1.165, 1.54) is 6.07 Å². The molecule has 4 nitrogen and oxygen atoms in total. The normalized spacial score (nSPS) is 10.9. The summed E-state index contributed by atoms with van der Waals surface area (Å²) in [7, 11) is 3.44. The number of benzene rings is 1. The van der Waals surface area contributed by atoms with Gasteiger partial charge in [0.05, 0.1) is 11.0 Å². The van der Waals surface area contributed by atoms with E-state index < -0.39 is 0 Å².